The van der Waals surface area contributed by atoms with E-state index in [4.69, 9.17) is 0 Å². The summed E-state index contributed by atoms with van der Waals surface area (Å²) < 4.78 is 0. The Morgan fingerprint density at radius 2 is 2.00 bits per heavy atom. The van der Waals surface area contributed by atoms with Crippen LogP contribution in [-0.2, 0) is 11.3 Å². The van der Waals surface area contributed by atoms with E-state index in [1.165, 1.54) is 0 Å². The first-order chi connectivity index (χ1) is 9.16. The van der Waals surface area contributed by atoms with Crippen molar-refractivity contribution in [1.82, 2.24) is 10.3 Å². The van der Waals surface area contributed by atoms with Gasteiger partial charge in [-0.05, 0) is 24.6 Å². The second-order valence-corrected chi connectivity index (χ2v) is 4.38. The highest BCUT2D eigenvalue weighted by Crippen LogP contribution is 2.14. The highest BCUT2D eigenvalue weighted by molar-refractivity contribution is 5.75. The van der Waals surface area contributed by atoms with E-state index in [0.29, 0.717) is 6.54 Å². The molecule has 1 unspecified atom stereocenters. The molecule has 1 aromatic heterocycles. The number of nitrogens with one attached hydrogen (secondary N) is 1. The third-order valence-corrected chi connectivity index (χ3v) is 2.87. The molecule has 0 aliphatic heterocycles. The lowest BCUT2D eigenvalue weighted by Gasteiger charge is -2.14. The number of carboxylic acids is 1. The summed E-state index contributed by atoms with van der Waals surface area (Å²) in [4.78, 5) is 15.5. The Kier molecular flexibility index (Phi) is 4.26. The average molecular weight is 256 g/mol. The van der Waals surface area contributed by atoms with E-state index in [-0.39, 0.29) is 0 Å². The number of hydrogen-bond donors (Lipinski definition) is 2. The average Bonchev–Trinajstić information content (AvgIpc) is 2.42. The molecule has 1 atom stereocenters. The van der Waals surface area contributed by atoms with Gasteiger partial charge in [0.25, 0.3) is 0 Å². The number of aliphatic carboxylic acids is 1. The fraction of sp³-hybridized carbons (Fsp3) is 0.200. The Balaban J connectivity index is 2.09. The van der Waals surface area contributed by atoms with Crippen molar-refractivity contribution in [3.8, 4) is 0 Å². The predicted molar refractivity (Wildman–Crippen MR) is 72.6 cm³/mol. The van der Waals surface area contributed by atoms with Crippen molar-refractivity contribution in [3.05, 3.63) is 65.5 Å². The van der Waals surface area contributed by atoms with Gasteiger partial charge in [-0.1, -0.05) is 35.9 Å². The number of aryl methyl sites for hydroxylation is 1. The van der Waals surface area contributed by atoms with E-state index < -0.39 is 12.0 Å². The van der Waals surface area contributed by atoms with Crippen molar-refractivity contribution in [2.24, 2.45) is 0 Å². The van der Waals surface area contributed by atoms with Crippen molar-refractivity contribution in [2.75, 3.05) is 0 Å². The van der Waals surface area contributed by atoms with Gasteiger partial charge in [0, 0.05) is 12.7 Å². The lowest BCUT2D eigenvalue weighted by atomic mass is 10.1. The Bertz CT molecular complexity index is 538. The molecule has 0 bridgehead atoms. The number of pyridine rings is 1. The molecule has 19 heavy (non-hydrogen) atoms. The Hall–Kier alpha value is -2.20. The first-order valence-corrected chi connectivity index (χ1v) is 6.09. The van der Waals surface area contributed by atoms with Gasteiger partial charge in [-0.2, -0.15) is 0 Å². The molecule has 0 aliphatic carbocycles. The van der Waals surface area contributed by atoms with Gasteiger partial charge in [-0.15, -0.1) is 0 Å². The molecule has 0 saturated heterocycles. The Morgan fingerprint density at radius 1 is 1.26 bits per heavy atom. The molecule has 1 heterocycles. The van der Waals surface area contributed by atoms with Crippen LogP contribution in [0, 0.1) is 6.92 Å². The molecular weight excluding hydrogens is 240 g/mol. The van der Waals surface area contributed by atoms with Crippen LogP contribution in [0.25, 0.3) is 0 Å². The van der Waals surface area contributed by atoms with E-state index in [1.54, 1.807) is 6.20 Å². The lowest BCUT2D eigenvalue weighted by Crippen LogP contribution is -2.28. The minimum atomic E-state index is -0.889. The summed E-state index contributed by atoms with van der Waals surface area (Å²) in [6.07, 6.45) is 1.69. The van der Waals surface area contributed by atoms with Crippen molar-refractivity contribution in [1.29, 1.82) is 0 Å². The summed E-state index contributed by atoms with van der Waals surface area (Å²) in [5.41, 5.74) is 2.67. The summed E-state index contributed by atoms with van der Waals surface area (Å²) in [6.45, 7) is 2.40. The molecule has 4 heteroatoms. The van der Waals surface area contributed by atoms with Gasteiger partial charge in [0.2, 0.25) is 0 Å². The number of benzene rings is 1. The summed E-state index contributed by atoms with van der Waals surface area (Å²) in [7, 11) is 0. The zero-order valence-electron chi connectivity index (χ0n) is 10.7. The third kappa shape index (κ3) is 3.63. The molecule has 0 amide bonds. The summed E-state index contributed by atoms with van der Waals surface area (Å²) in [5, 5.41) is 12.3. The number of rotatable bonds is 5. The number of carboxylic acid groups (broad SMARTS) is 1. The monoisotopic (exact) mass is 256 g/mol. The van der Waals surface area contributed by atoms with Crippen LogP contribution >= 0.6 is 0 Å². The molecule has 98 valence electrons. The number of nitrogens with zero attached hydrogens (tertiary/aromatic N) is 1. The standard InChI is InChI=1S/C15H16N2O2/c1-11-5-7-12(8-6-11)14(15(18)19)17-10-13-4-2-3-9-16-13/h2-9,14,17H,10H2,1H3,(H,18,19). The number of carbonyl (C=O) groups is 1. The highest BCUT2D eigenvalue weighted by atomic mass is 16.4. The van der Waals surface area contributed by atoms with Gasteiger partial charge in [-0.3, -0.25) is 15.1 Å². The largest absolute Gasteiger partial charge is 0.480 e. The maximum atomic E-state index is 11.3. The van der Waals surface area contributed by atoms with Crippen LogP contribution in [0.3, 0.4) is 0 Å². The van der Waals surface area contributed by atoms with E-state index in [0.717, 1.165) is 16.8 Å². The minimum absolute atomic E-state index is 0.422. The first-order valence-electron chi connectivity index (χ1n) is 6.09. The fourth-order valence-electron chi connectivity index (χ4n) is 1.82. The van der Waals surface area contributed by atoms with Gasteiger partial charge in [0.15, 0.2) is 0 Å². The predicted octanol–water partition coefficient (Wildman–Crippen LogP) is 2.31. The van der Waals surface area contributed by atoms with E-state index in [9.17, 15) is 9.90 Å². The molecule has 0 radical (unpaired) electrons. The molecule has 2 rings (SSSR count). The molecule has 0 aliphatic rings. The smallest absolute Gasteiger partial charge is 0.325 e. The third-order valence-electron chi connectivity index (χ3n) is 2.87. The zero-order valence-corrected chi connectivity index (χ0v) is 10.7. The summed E-state index contributed by atoms with van der Waals surface area (Å²) in [5.74, 6) is -0.889. The van der Waals surface area contributed by atoms with E-state index >= 15 is 0 Å². The highest BCUT2D eigenvalue weighted by Gasteiger charge is 2.18. The van der Waals surface area contributed by atoms with Crippen molar-refractivity contribution in [3.63, 3.8) is 0 Å². The minimum Gasteiger partial charge on any atom is -0.480 e. The topological polar surface area (TPSA) is 62.2 Å². The van der Waals surface area contributed by atoms with Crippen LogP contribution < -0.4 is 5.32 Å². The first kappa shape index (κ1) is 13.2. The van der Waals surface area contributed by atoms with Crippen molar-refractivity contribution >= 4 is 5.97 Å². The summed E-state index contributed by atoms with van der Waals surface area (Å²) >= 11 is 0. The van der Waals surface area contributed by atoms with Crippen molar-refractivity contribution < 1.29 is 9.90 Å². The maximum absolute atomic E-state index is 11.3. The van der Waals surface area contributed by atoms with E-state index in [1.807, 2.05) is 49.4 Å². The van der Waals surface area contributed by atoms with Crippen LogP contribution in [0.5, 0.6) is 0 Å². The molecule has 2 aromatic rings. The Morgan fingerprint density at radius 3 is 2.58 bits per heavy atom. The van der Waals surface area contributed by atoms with Gasteiger partial charge >= 0.3 is 5.97 Å². The maximum Gasteiger partial charge on any atom is 0.325 e. The van der Waals surface area contributed by atoms with E-state index in [2.05, 4.69) is 10.3 Å². The van der Waals surface area contributed by atoms with Crippen LogP contribution in [0.1, 0.15) is 22.9 Å². The molecule has 0 spiro atoms. The molecule has 2 N–H and O–H groups in total. The van der Waals surface area contributed by atoms with Crippen molar-refractivity contribution in [2.45, 2.75) is 19.5 Å². The molecule has 4 nitrogen and oxygen atoms in total. The molecule has 1 aromatic carbocycles. The second kappa shape index (κ2) is 6.11. The quantitative estimate of drug-likeness (QED) is 0.861. The Labute approximate surface area is 112 Å². The van der Waals surface area contributed by atoms with Crippen LogP contribution in [-0.4, -0.2) is 16.1 Å². The van der Waals surface area contributed by atoms with Crippen LogP contribution in [0.4, 0.5) is 0 Å². The lowest BCUT2D eigenvalue weighted by molar-refractivity contribution is -0.139. The zero-order chi connectivity index (χ0) is 13.7. The molecular formula is C15H16N2O2. The van der Waals surface area contributed by atoms with Crippen LogP contribution in [0.15, 0.2) is 48.7 Å². The van der Waals surface area contributed by atoms with Gasteiger partial charge in [-0.25, -0.2) is 0 Å². The fourth-order valence-corrected chi connectivity index (χ4v) is 1.82. The SMILES string of the molecule is Cc1ccc(C(NCc2ccccn2)C(=O)O)cc1. The van der Waals surface area contributed by atoms with Gasteiger partial charge in [0.05, 0.1) is 5.69 Å². The molecule has 0 saturated carbocycles. The molecule has 0 fully saturated rings. The van der Waals surface area contributed by atoms with Crippen LogP contribution in [0.2, 0.25) is 0 Å². The number of hydrogen-bond acceptors (Lipinski definition) is 3. The summed E-state index contributed by atoms with van der Waals surface area (Å²) in [6, 6.07) is 12.3. The van der Waals surface area contributed by atoms with Gasteiger partial charge < -0.3 is 5.11 Å². The normalized spacial score (nSPS) is 12.1. The van der Waals surface area contributed by atoms with Gasteiger partial charge in [0.1, 0.15) is 6.04 Å². The second-order valence-electron chi connectivity index (χ2n) is 4.38. The number of aromatic nitrogens is 1.